The molecule has 0 aliphatic heterocycles. The normalized spacial score (nSPS) is 14.8. The van der Waals surface area contributed by atoms with Gasteiger partial charge in [0.05, 0.1) is 0 Å². The Kier molecular flexibility index (Phi) is 5.85. The lowest BCUT2D eigenvalue weighted by Gasteiger charge is -2.25. The van der Waals surface area contributed by atoms with Gasteiger partial charge in [-0.2, -0.15) is 0 Å². The largest absolute Gasteiger partial charge is 0.353 e. The van der Waals surface area contributed by atoms with Gasteiger partial charge >= 0.3 is 0 Å². The minimum Gasteiger partial charge on any atom is -0.353 e. The van der Waals surface area contributed by atoms with Crippen molar-refractivity contribution in [1.82, 2.24) is 10.3 Å². The topological polar surface area (TPSA) is 28.2 Å². The van der Waals surface area contributed by atoms with Crippen molar-refractivity contribution in [2.75, 3.05) is 18.0 Å². The van der Waals surface area contributed by atoms with E-state index in [1.165, 1.54) is 30.6 Å². The summed E-state index contributed by atoms with van der Waals surface area (Å²) in [6, 6.07) is 2.92. The quantitative estimate of drug-likeness (QED) is 0.776. The van der Waals surface area contributed by atoms with Crippen LogP contribution in [0.2, 0.25) is 0 Å². The van der Waals surface area contributed by atoms with Crippen molar-refractivity contribution in [3.8, 4) is 0 Å². The number of halogens is 1. The van der Waals surface area contributed by atoms with E-state index >= 15 is 0 Å². The summed E-state index contributed by atoms with van der Waals surface area (Å²) in [5, 5.41) is 3.54. The van der Waals surface area contributed by atoms with Gasteiger partial charge in [0.1, 0.15) is 5.82 Å². The molecular formula is C16H26BrN3. The molecule has 4 heteroatoms. The molecule has 0 spiro atoms. The van der Waals surface area contributed by atoms with Crippen LogP contribution in [0.3, 0.4) is 0 Å². The SMILES string of the molecule is CCCN(c1ncc(Br)cc1CNCC(C)C)C1CC1. The van der Waals surface area contributed by atoms with Crippen molar-refractivity contribution in [2.24, 2.45) is 5.92 Å². The van der Waals surface area contributed by atoms with Gasteiger partial charge in [-0.1, -0.05) is 20.8 Å². The predicted octanol–water partition coefficient (Wildman–Crippen LogP) is 3.97. The molecule has 2 rings (SSSR count). The van der Waals surface area contributed by atoms with Crippen molar-refractivity contribution in [2.45, 2.75) is 52.6 Å². The Balaban J connectivity index is 2.13. The fourth-order valence-electron chi connectivity index (χ4n) is 2.45. The minimum atomic E-state index is 0.675. The van der Waals surface area contributed by atoms with Crippen molar-refractivity contribution in [3.05, 3.63) is 22.3 Å². The summed E-state index contributed by atoms with van der Waals surface area (Å²) in [7, 11) is 0. The summed E-state index contributed by atoms with van der Waals surface area (Å²) in [5.41, 5.74) is 1.31. The number of rotatable bonds is 8. The standard InChI is InChI=1S/C16H26BrN3/c1-4-7-20(15-5-6-15)16-13(8-14(17)11-19-16)10-18-9-12(2)3/h8,11-12,15,18H,4-7,9-10H2,1-3H3. The molecule has 1 fully saturated rings. The average molecular weight is 340 g/mol. The van der Waals surface area contributed by atoms with Crippen LogP contribution < -0.4 is 10.2 Å². The van der Waals surface area contributed by atoms with E-state index in [2.05, 4.69) is 53.0 Å². The van der Waals surface area contributed by atoms with Crippen LogP contribution in [0.25, 0.3) is 0 Å². The highest BCUT2D eigenvalue weighted by Crippen LogP contribution is 2.33. The highest BCUT2D eigenvalue weighted by Gasteiger charge is 2.30. The second-order valence-corrected chi connectivity index (χ2v) is 7.00. The van der Waals surface area contributed by atoms with Gasteiger partial charge in [0.2, 0.25) is 0 Å². The Hall–Kier alpha value is -0.610. The second kappa shape index (κ2) is 7.41. The van der Waals surface area contributed by atoms with Gasteiger partial charge < -0.3 is 10.2 Å². The molecule has 112 valence electrons. The first-order valence-corrected chi connectivity index (χ1v) is 8.53. The number of nitrogens with one attached hydrogen (secondary N) is 1. The van der Waals surface area contributed by atoms with Gasteiger partial charge in [0.25, 0.3) is 0 Å². The first-order chi connectivity index (χ1) is 9.61. The Labute approximate surface area is 131 Å². The van der Waals surface area contributed by atoms with Crippen LogP contribution in [-0.4, -0.2) is 24.1 Å². The predicted molar refractivity (Wildman–Crippen MR) is 89.1 cm³/mol. The third kappa shape index (κ3) is 4.45. The fraction of sp³-hybridized carbons (Fsp3) is 0.688. The van der Waals surface area contributed by atoms with E-state index in [0.29, 0.717) is 12.0 Å². The molecular weight excluding hydrogens is 314 g/mol. The van der Waals surface area contributed by atoms with E-state index < -0.39 is 0 Å². The summed E-state index contributed by atoms with van der Waals surface area (Å²) in [4.78, 5) is 7.19. The molecule has 1 aromatic heterocycles. The summed E-state index contributed by atoms with van der Waals surface area (Å²) in [5.74, 6) is 1.85. The molecule has 1 aliphatic rings. The maximum atomic E-state index is 4.70. The summed E-state index contributed by atoms with van der Waals surface area (Å²) < 4.78 is 1.06. The van der Waals surface area contributed by atoms with Crippen molar-refractivity contribution in [1.29, 1.82) is 0 Å². The molecule has 0 bridgehead atoms. The molecule has 20 heavy (non-hydrogen) atoms. The van der Waals surface area contributed by atoms with E-state index in [0.717, 1.165) is 24.1 Å². The van der Waals surface area contributed by atoms with Gasteiger partial charge in [-0.15, -0.1) is 0 Å². The molecule has 0 aromatic carbocycles. The Morgan fingerprint density at radius 2 is 2.20 bits per heavy atom. The lowest BCUT2D eigenvalue weighted by molar-refractivity contribution is 0.551. The summed E-state index contributed by atoms with van der Waals surface area (Å²) in [6.07, 6.45) is 5.73. The Morgan fingerprint density at radius 1 is 1.45 bits per heavy atom. The van der Waals surface area contributed by atoms with Crippen LogP contribution in [0, 0.1) is 5.92 Å². The molecule has 3 nitrogen and oxygen atoms in total. The van der Waals surface area contributed by atoms with E-state index in [-0.39, 0.29) is 0 Å². The number of aromatic nitrogens is 1. The Morgan fingerprint density at radius 3 is 2.80 bits per heavy atom. The van der Waals surface area contributed by atoms with E-state index in [9.17, 15) is 0 Å². The van der Waals surface area contributed by atoms with Crippen molar-refractivity contribution in [3.63, 3.8) is 0 Å². The fourth-order valence-corrected chi connectivity index (χ4v) is 2.83. The van der Waals surface area contributed by atoms with Crippen LogP contribution in [0.5, 0.6) is 0 Å². The molecule has 1 aromatic rings. The van der Waals surface area contributed by atoms with Gasteiger partial charge in [0.15, 0.2) is 0 Å². The zero-order valence-electron chi connectivity index (χ0n) is 12.8. The van der Waals surface area contributed by atoms with Crippen LogP contribution >= 0.6 is 15.9 Å². The summed E-state index contributed by atoms with van der Waals surface area (Å²) in [6.45, 7) is 9.76. The monoisotopic (exact) mass is 339 g/mol. The number of hydrogen-bond donors (Lipinski definition) is 1. The number of nitrogens with zero attached hydrogens (tertiary/aromatic N) is 2. The van der Waals surface area contributed by atoms with E-state index in [1.54, 1.807) is 0 Å². The number of pyridine rings is 1. The number of hydrogen-bond acceptors (Lipinski definition) is 3. The van der Waals surface area contributed by atoms with Crippen LogP contribution in [0.4, 0.5) is 5.82 Å². The Bertz CT molecular complexity index is 430. The van der Waals surface area contributed by atoms with Gasteiger partial charge in [-0.05, 0) is 53.7 Å². The second-order valence-electron chi connectivity index (χ2n) is 6.09. The van der Waals surface area contributed by atoms with Crippen LogP contribution in [-0.2, 0) is 6.54 Å². The molecule has 0 saturated heterocycles. The first kappa shape index (κ1) is 15.8. The lowest BCUT2D eigenvalue weighted by atomic mass is 10.2. The maximum absolute atomic E-state index is 4.70. The maximum Gasteiger partial charge on any atom is 0.133 e. The molecule has 1 aliphatic carbocycles. The zero-order chi connectivity index (χ0) is 14.5. The lowest BCUT2D eigenvalue weighted by Crippen LogP contribution is -2.30. The zero-order valence-corrected chi connectivity index (χ0v) is 14.4. The average Bonchev–Trinajstić information content (AvgIpc) is 3.21. The molecule has 0 amide bonds. The van der Waals surface area contributed by atoms with Crippen molar-refractivity contribution >= 4 is 21.7 Å². The molecule has 0 unspecified atom stereocenters. The number of anilines is 1. The minimum absolute atomic E-state index is 0.675. The third-order valence-corrected chi connectivity index (χ3v) is 3.94. The van der Waals surface area contributed by atoms with Crippen LogP contribution in [0.15, 0.2) is 16.7 Å². The van der Waals surface area contributed by atoms with Crippen molar-refractivity contribution < 1.29 is 0 Å². The highest BCUT2D eigenvalue weighted by molar-refractivity contribution is 9.10. The van der Waals surface area contributed by atoms with E-state index in [1.807, 2.05) is 6.20 Å². The molecule has 0 radical (unpaired) electrons. The van der Waals surface area contributed by atoms with Gasteiger partial charge in [-0.3, -0.25) is 0 Å². The molecule has 1 N–H and O–H groups in total. The third-order valence-electron chi connectivity index (χ3n) is 3.50. The van der Waals surface area contributed by atoms with E-state index in [4.69, 9.17) is 4.98 Å². The highest BCUT2D eigenvalue weighted by atomic mass is 79.9. The molecule has 1 saturated carbocycles. The molecule has 1 heterocycles. The summed E-state index contributed by atoms with van der Waals surface area (Å²) >= 11 is 3.55. The smallest absolute Gasteiger partial charge is 0.133 e. The molecule has 0 atom stereocenters. The van der Waals surface area contributed by atoms with Gasteiger partial charge in [0, 0.05) is 35.4 Å². The van der Waals surface area contributed by atoms with Crippen LogP contribution in [0.1, 0.15) is 45.6 Å². The van der Waals surface area contributed by atoms with Gasteiger partial charge in [-0.25, -0.2) is 4.98 Å². The first-order valence-electron chi connectivity index (χ1n) is 7.73.